The molecule has 56 heavy (non-hydrogen) atoms. The fraction of sp³-hybridized carbons (Fsp3) is 0. The molecule has 262 valence electrons. The van der Waals surface area contributed by atoms with Crippen LogP contribution in [0, 0.1) is 0 Å². The summed E-state index contributed by atoms with van der Waals surface area (Å²) in [4.78, 5) is 15.6. The maximum atomic E-state index is 5.29. The lowest BCUT2D eigenvalue weighted by Crippen LogP contribution is -2.04. The highest BCUT2D eigenvalue weighted by Crippen LogP contribution is 2.45. The molecule has 0 spiro atoms. The Balaban J connectivity index is 1.24. The van der Waals surface area contributed by atoms with Crippen molar-refractivity contribution in [3.05, 3.63) is 194 Å². The predicted octanol–water partition coefficient (Wildman–Crippen LogP) is 13.7. The third-order valence-corrected chi connectivity index (χ3v) is 11.8. The molecule has 11 rings (SSSR count). The van der Waals surface area contributed by atoms with Crippen molar-refractivity contribution in [3.63, 3.8) is 0 Å². The van der Waals surface area contributed by atoms with Gasteiger partial charge in [0.05, 0.1) is 16.7 Å². The molecule has 3 heterocycles. The lowest BCUT2D eigenvalue weighted by molar-refractivity contribution is 1.06. The van der Waals surface area contributed by atoms with Crippen LogP contribution in [0.3, 0.4) is 0 Å². The molecule has 0 aliphatic carbocycles. The number of thiophene rings is 1. The van der Waals surface area contributed by atoms with E-state index in [4.69, 9.17) is 15.0 Å². The standard InChI is InChI=1S/C51H32N4S/c1-4-16-33(17-5-1)37-22-10-11-23-38(37)36-28-29-43(41(32-36)51-53-49(34-18-6-2-7-19-34)52-50(54-51)35-20-8-3-9-21-35)55-42-26-14-12-24-39(42)47-44(55)30-31-46-48(47)40-25-13-15-27-45(40)56-46/h1-32H. The molecule has 0 radical (unpaired) electrons. The minimum absolute atomic E-state index is 0.611. The summed E-state index contributed by atoms with van der Waals surface area (Å²) in [7, 11) is 0. The van der Waals surface area contributed by atoms with E-state index < -0.39 is 0 Å². The fourth-order valence-corrected chi connectivity index (χ4v) is 9.26. The molecule has 0 saturated heterocycles. The van der Waals surface area contributed by atoms with Crippen LogP contribution < -0.4 is 0 Å². The van der Waals surface area contributed by atoms with E-state index in [1.165, 1.54) is 42.1 Å². The molecular formula is C51H32N4S. The van der Waals surface area contributed by atoms with Gasteiger partial charge in [0.2, 0.25) is 0 Å². The lowest BCUT2D eigenvalue weighted by Gasteiger charge is -2.17. The maximum absolute atomic E-state index is 5.29. The minimum atomic E-state index is 0.611. The molecule has 0 unspecified atom stereocenters. The van der Waals surface area contributed by atoms with Crippen LogP contribution in [0.25, 0.3) is 104 Å². The van der Waals surface area contributed by atoms with Crippen LogP contribution in [-0.2, 0) is 0 Å². The second kappa shape index (κ2) is 13.3. The van der Waals surface area contributed by atoms with Crippen molar-refractivity contribution >= 4 is 53.3 Å². The highest BCUT2D eigenvalue weighted by Gasteiger charge is 2.23. The summed E-state index contributed by atoms with van der Waals surface area (Å²) >= 11 is 1.85. The number of nitrogens with zero attached hydrogens (tertiary/aromatic N) is 4. The van der Waals surface area contributed by atoms with Crippen LogP contribution in [0.1, 0.15) is 0 Å². The van der Waals surface area contributed by atoms with Gasteiger partial charge in [-0.3, -0.25) is 0 Å². The zero-order chi connectivity index (χ0) is 37.0. The van der Waals surface area contributed by atoms with Crippen molar-refractivity contribution in [2.24, 2.45) is 0 Å². The first-order valence-corrected chi connectivity index (χ1v) is 19.6. The second-order valence-electron chi connectivity index (χ2n) is 14.0. The summed E-state index contributed by atoms with van der Waals surface area (Å²) in [6, 6.07) is 68.5. The highest BCUT2D eigenvalue weighted by atomic mass is 32.1. The van der Waals surface area contributed by atoms with Crippen molar-refractivity contribution in [1.29, 1.82) is 0 Å². The van der Waals surface area contributed by atoms with E-state index >= 15 is 0 Å². The van der Waals surface area contributed by atoms with Gasteiger partial charge in [0.25, 0.3) is 0 Å². The third-order valence-electron chi connectivity index (χ3n) is 10.7. The molecule has 0 amide bonds. The molecule has 4 nitrogen and oxygen atoms in total. The van der Waals surface area contributed by atoms with Crippen LogP contribution >= 0.6 is 11.3 Å². The second-order valence-corrected chi connectivity index (χ2v) is 15.0. The average molecular weight is 733 g/mol. The quantitative estimate of drug-likeness (QED) is 0.171. The summed E-state index contributed by atoms with van der Waals surface area (Å²) in [6.45, 7) is 0. The summed E-state index contributed by atoms with van der Waals surface area (Å²) in [6.07, 6.45) is 0. The Morgan fingerprint density at radius 3 is 1.59 bits per heavy atom. The van der Waals surface area contributed by atoms with E-state index in [0.717, 1.165) is 44.5 Å². The van der Waals surface area contributed by atoms with Gasteiger partial charge in [0, 0.05) is 47.6 Å². The smallest absolute Gasteiger partial charge is 0.166 e. The first-order valence-electron chi connectivity index (χ1n) is 18.8. The van der Waals surface area contributed by atoms with Gasteiger partial charge in [-0.25, -0.2) is 15.0 Å². The van der Waals surface area contributed by atoms with Crippen LogP contribution in [0.15, 0.2) is 194 Å². The van der Waals surface area contributed by atoms with E-state index in [-0.39, 0.29) is 0 Å². The van der Waals surface area contributed by atoms with Crippen LogP contribution in [0.4, 0.5) is 0 Å². The topological polar surface area (TPSA) is 43.6 Å². The van der Waals surface area contributed by atoms with Gasteiger partial charge in [0.1, 0.15) is 0 Å². The molecule has 3 aromatic heterocycles. The van der Waals surface area contributed by atoms with E-state index in [9.17, 15) is 0 Å². The van der Waals surface area contributed by atoms with Gasteiger partial charge in [-0.15, -0.1) is 11.3 Å². The van der Waals surface area contributed by atoms with Crippen molar-refractivity contribution in [2.45, 2.75) is 0 Å². The van der Waals surface area contributed by atoms with Crippen molar-refractivity contribution in [1.82, 2.24) is 19.5 Å². The third kappa shape index (κ3) is 5.32. The van der Waals surface area contributed by atoms with Crippen LogP contribution in [-0.4, -0.2) is 19.5 Å². The number of hydrogen-bond acceptors (Lipinski definition) is 4. The van der Waals surface area contributed by atoms with Crippen LogP contribution in [0.2, 0.25) is 0 Å². The predicted molar refractivity (Wildman–Crippen MR) is 234 cm³/mol. The van der Waals surface area contributed by atoms with Crippen LogP contribution in [0.5, 0.6) is 0 Å². The highest BCUT2D eigenvalue weighted by molar-refractivity contribution is 7.26. The summed E-state index contributed by atoms with van der Waals surface area (Å²) < 4.78 is 4.99. The van der Waals surface area contributed by atoms with E-state index in [1.54, 1.807) is 0 Å². The van der Waals surface area contributed by atoms with Crippen molar-refractivity contribution in [3.8, 4) is 62.1 Å². The largest absolute Gasteiger partial charge is 0.308 e. The Bertz CT molecular complexity index is 3180. The number of aromatic nitrogens is 4. The lowest BCUT2D eigenvalue weighted by atomic mass is 9.93. The first kappa shape index (κ1) is 32.2. The van der Waals surface area contributed by atoms with Gasteiger partial charge >= 0.3 is 0 Å². The SMILES string of the molecule is c1ccc(-c2nc(-c3ccccc3)nc(-c3cc(-c4ccccc4-c4ccccc4)ccc3-n3c4ccccc4c4c5c(ccc43)sc3ccccc35)n2)cc1. The molecule has 11 aromatic rings. The summed E-state index contributed by atoms with van der Waals surface area (Å²) in [5.74, 6) is 1.87. The van der Waals surface area contributed by atoms with Gasteiger partial charge < -0.3 is 4.57 Å². The van der Waals surface area contributed by atoms with Crippen molar-refractivity contribution in [2.75, 3.05) is 0 Å². The van der Waals surface area contributed by atoms with Gasteiger partial charge in [0.15, 0.2) is 17.5 Å². The normalized spacial score (nSPS) is 11.6. The molecule has 8 aromatic carbocycles. The Hall–Kier alpha value is -7.21. The monoisotopic (exact) mass is 732 g/mol. The van der Waals surface area contributed by atoms with E-state index in [1.807, 2.05) is 47.7 Å². The summed E-state index contributed by atoms with van der Waals surface area (Å²) in [5, 5.41) is 5.05. The van der Waals surface area contributed by atoms with Gasteiger partial charge in [-0.2, -0.15) is 0 Å². The van der Waals surface area contributed by atoms with Crippen molar-refractivity contribution < 1.29 is 0 Å². The molecule has 0 N–H and O–H groups in total. The number of rotatable bonds is 6. The zero-order valence-corrected chi connectivity index (χ0v) is 31.0. The Labute approximate surface area is 327 Å². The Morgan fingerprint density at radius 2 is 0.893 bits per heavy atom. The molecule has 0 bridgehead atoms. The number of fused-ring (bicyclic) bond motifs is 7. The first-order chi connectivity index (χ1) is 27.8. The molecule has 0 aliphatic heterocycles. The molecule has 0 saturated carbocycles. The minimum Gasteiger partial charge on any atom is -0.308 e. The number of para-hydroxylation sites is 1. The molecule has 0 aliphatic rings. The zero-order valence-electron chi connectivity index (χ0n) is 30.2. The summed E-state index contributed by atoms with van der Waals surface area (Å²) in [5.41, 5.74) is 10.6. The molecule has 5 heteroatoms. The maximum Gasteiger partial charge on any atom is 0.166 e. The molecule has 0 fully saturated rings. The Kier molecular flexibility index (Phi) is 7.64. The van der Waals surface area contributed by atoms with Gasteiger partial charge in [-0.1, -0.05) is 158 Å². The fourth-order valence-electron chi connectivity index (χ4n) is 8.14. The molecule has 0 atom stereocenters. The Morgan fingerprint density at radius 1 is 0.339 bits per heavy atom. The average Bonchev–Trinajstić information content (AvgIpc) is 3.83. The van der Waals surface area contributed by atoms with Gasteiger partial charge in [-0.05, 0) is 58.7 Å². The molecular weight excluding hydrogens is 701 g/mol. The number of hydrogen-bond donors (Lipinski definition) is 0. The van der Waals surface area contributed by atoms with E-state index in [2.05, 4.69) is 162 Å². The van der Waals surface area contributed by atoms with E-state index in [0.29, 0.717) is 17.5 Å². The number of benzene rings is 8.